The van der Waals surface area contributed by atoms with Gasteiger partial charge in [0.15, 0.2) is 11.5 Å². The summed E-state index contributed by atoms with van der Waals surface area (Å²) in [4.78, 5) is 0.202. The third-order valence-corrected chi connectivity index (χ3v) is 7.48. The first-order chi connectivity index (χ1) is 15.1. The second kappa shape index (κ2) is 7.94. The zero-order chi connectivity index (χ0) is 21.4. The molecule has 1 aromatic heterocycles. The molecule has 0 N–H and O–H groups in total. The Morgan fingerprint density at radius 3 is 2.55 bits per heavy atom. The summed E-state index contributed by atoms with van der Waals surface area (Å²) in [6, 6.07) is 16.0. The number of hydrogen-bond donors (Lipinski definition) is 0. The highest BCUT2D eigenvalue weighted by molar-refractivity contribution is 7.89. The van der Waals surface area contributed by atoms with Crippen molar-refractivity contribution in [2.24, 2.45) is 0 Å². The molecule has 8 heteroatoms. The van der Waals surface area contributed by atoms with Crippen LogP contribution in [0.1, 0.15) is 24.2 Å². The average Bonchev–Trinajstić information content (AvgIpc) is 3.28. The van der Waals surface area contributed by atoms with Gasteiger partial charge in [0.05, 0.1) is 17.5 Å². The molecule has 7 nitrogen and oxygen atoms in total. The molecule has 0 amide bonds. The maximum absolute atomic E-state index is 13.8. The van der Waals surface area contributed by atoms with E-state index in [4.69, 9.17) is 14.2 Å². The van der Waals surface area contributed by atoms with Gasteiger partial charge in [0.1, 0.15) is 19.0 Å². The van der Waals surface area contributed by atoms with Crippen LogP contribution in [-0.4, -0.2) is 43.7 Å². The van der Waals surface area contributed by atoms with Crippen LogP contribution in [0.5, 0.6) is 17.2 Å². The average molecular weight is 441 g/mol. The molecule has 3 heterocycles. The fourth-order valence-corrected chi connectivity index (χ4v) is 5.79. The molecule has 2 aromatic carbocycles. The van der Waals surface area contributed by atoms with Gasteiger partial charge < -0.3 is 18.8 Å². The van der Waals surface area contributed by atoms with E-state index in [0.29, 0.717) is 44.4 Å². The summed E-state index contributed by atoms with van der Waals surface area (Å²) in [5, 5.41) is 0. The number of aromatic nitrogens is 1. The van der Waals surface area contributed by atoms with Crippen LogP contribution in [0.15, 0.2) is 65.7 Å². The molecule has 0 unspecified atom stereocenters. The summed E-state index contributed by atoms with van der Waals surface area (Å²) in [5.41, 5.74) is 1.83. The van der Waals surface area contributed by atoms with E-state index >= 15 is 0 Å². The molecule has 31 heavy (non-hydrogen) atoms. The van der Waals surface area contributed by atoms with Crippen molar-refractivity contribution in [3.63, 3.8) is 0 Å². The molecular formula is C23H24N2O5S. The molecule has 0 saturated heterocycles. The van der Waals surface area contributed by atoms with Crippen molar-refractivity contribution in [2.45, 2.75) is 24.4 Å². The van der Waals surface area contributed by atoms with Gasteiger partial charge in [-0.05, 0) is 48.9 Å². The highest BCUT2D eigenvalue weighted by Gasteiger charge is 2.38. The third kappa shape index (κ3) is 3.55. The van der Waals surface area contributed by atoms with Gasteiger partial charge >= 0.3 is 0 Å². The van der Waals surface area contributed by atoms with Gasteiger partial charge in [-0.2, -0.15) is 4.31 Å². The van der Waals surface area contributed by atoms with Crippen molar-refractivity contribution in [3.8, 4) is 17.2 Å². The zero-order valence-corrected chi connectivity index (χ0v) is 18.0. The lowest BCUT2D eigenvalue weighted by atomic mass is 10.0. The predicted molar refractivity (Wildman–Crippen MR) is 115 cm³/mol. The van der Waals surface area contributed by atoms with Gasteiger partial charge in [0.25, 0.3) is 0 Å². The van der Waals surface area contributed by atoms with Crippen LogP contribution >= 0.6 is 0 Å². The van der Waals surface area contributed by atoms with Crippen LogP contribution in [0.25, 0.3) is 0 Å². The van der Waals surface area contributed by atoms with Crippen molar-refractivity contribution < 1.29 is 22.6 Å². The Morgan fingerprint density at radius 2 is 1.77 bits per heavy atom. The maximum Gasteiger partial charge on any atom is 0.244 e. The zero-order valence-electron chi connectivity index (χ0n) is 17.2. The predicted octanol–water partition coefficient (Wildman–Crippen LogP) is 3.45. The molecule has 0 spiro atoms. The lowest BCUT2D eigenvalue weighted by Crippen LogP contribution is -2.42. The molecule has 162 valence electrons. The van der Waals surface area contributed by atoms with E-state index in [1.807, 2.05) is 49.5 Å². The number of ether oxygens (including phenoxy) is 3. The summed E-state index contributed by atoms with van der Waals surface area (Å²) in [5.74, 6) is 1.80. The van der Waals surface area contributed by atoms with Gasteiger partial charge in [-0.25, -0.2) is 8.42 Å². The van der Waals surface area contributed by atoms with Crippen molar-refractivity contribution in [3.05, 3.63) is 72.1 Å². The Hall–Kier alpha value is -2.97. The van der Waals surface area contributed by atoms with Crippen LogP contribution in [0, 0.1) is 0 Å². The molecule has 0 fully saturated rings. The lowest BCUT2D eigenvalue weighted by Gasteiger charge is -2.36. The SMILES string of the molecule is CCOc1ccc([C@@H]2c3cccn3CCN2S(=O)(=O)c2ccc3c(c2)OCCO3)cc1. The van der Waals surface area contributed by atoms with E-state index in [-0.39, 0.29) is 4.90 Å². The molecule has 0 aliphatic carbocycles. The van der Waals surface area contributed by atoms with Gasteiger partial charge in [-0.1, -0.05) is 12.1 Å². The van der Waals surface area contributed by atoms with Gasteiger partial charge in [-0.15, -0.1) is 0 Å². The van der Waals surface area contributed by atoms with E-state index in [1.165, 1.54) is 0 Å². The van der Waals surface area contributed by atoms with Crippen molar-refractivity contribution in [1.29, 1.82) is 0 Å². The largest absolute Gasteiger partial charge is 0.494 e. The third-order valence-electron chi connectivity index (χ3n) is 5.62. The first kappa shape index (κ1) is 20.0. The first-order valence-electron chi connectivity index (χ1n) is 10.4. The molecule has 0 saturated carbocycles. The minimum absolute atomic E-state index is 0.202. The van der Waals surface area contributed by atoms with Crippen LogP contribution in [-0.2, 0) is 16.6 Å². The summed E-state index contributed by atoms with van der Waals surface area (Å²) >= 11 is 0. The van der Waals surface area contributed by atoms with E-state index in [0.717, 1.165) is 17.0 Å². The Bertz CT molecular complexity index is 1190. The van der Waals surface area contributed by atoms with Crippen molar-refractivity contribution in [2.75, 3.05) is 26.4 Å². The monoisotopic (exact) mass is 440 g/mol. The van der Waals surface area contributed by atoms with E-state index in [1.54, 1.807) is 22.5 Å². The van der Waals surface area contributed by atoms with E-state index < -0.39 is 16.1 Å². The second-order valence-electron chi connectivity index (χ2n) is 7.45. The Morgan fingerprint density at radius 1 is 1.00 bits per heavy atom. The smallest absolute Gasteiger partial charge is 0.244 e. The lowest BCUT2D eigenvalue weighted by molar-refractivity contribution is 0.171. The molecule has 0 bridgehead atoms. The Balaban J connectivity index is 1.56. The highest BCUT2D eigenvalue weighted by atomic mass is 32.2. The molecule has 2 aliphatic heterocycles. The second-order valence-corrected chi connectivity index (χ2v) is 9.34. The standard InChI is InChI=1S/C23H24N2O5S/c1-2-28-18-7-5-17(6-8-18)23-20-4-3-11-24(20)12-13-25(23)31(26,27)19-9-10-21-22(16-19)30-15-14-29-21/h3-11,16,23H,2,12-15H2,1H3/t23-/m1/s1. The molecule has 5 rings (SSSR count). The Labute approximate surface area is 181 Å². The normalized spacial score (nSPS) is 18.4. The summed E-state index contributed by atoms with van der Waals surface area (Å²) < 4.78 is 47.9. The fraction of sp³-hybridized carbons (Fsp3) is 0.304. The number of rotatable bonds is 5. The number of hydrogen-bond acceptors (Lipinski definition) is 5. The van der Waals surface area contributed by atoms with Crippen LogP contribution in [0.3, 0.4) is 0 Å². The molecule has 0 radical (unpaired) electrons. The first-order valence-corrected chi connectivity index (χ1v) is 11.8. The van der Waals surface area contributed by atoms with Crippen LogP contribution < -0.4 is 14.2 Å². The Kier molecular flexibility index (Phi) is 5.11. The van der Waals surface area contributed by atoms with E-state index in [2.05, 4.69) is 4.57 Å². The molecule has 2 aliphatic rings. The number of nitrogens with zero attached hydrogens (tertiary/aromatic N) is 2. The highest BCUT2D eigenvalue weighted by Crippen LogP contribution is 2.39. The maximum atomic E-state index is 13.8. The van der Waals surface area contributed by atoms with Crippen molar-refractivity contribution in [1.82, 2.24) is 8.87 Å². The van der Waals surface area contributed by atoms with Crippen LogP contribution in [0.2, 0.25) is 0 Å². The summed E-state index contributed by atoms with van der Waals surface area (Å²) in [6.07, 6.45) is 1.99. The summed E-state index contributed by atoms with van der Waals surface area (Å²) in [6.45, 7) is 4.35. The van der Waals surface area contributed by atoms with Crippen molar-refractivity contribution >= 4 is 10.0 Å². The molecule has 3 aromatic rings. The topological polar surface area (TPSA) is 70.0 Å². The summed E-state index contributed by atoms with van der Waals surface area (Å²) in [7, 11) is -3.78. The number of fused-ring (bicyclic) bond motifs is 2. The minimum atomic E-state index is -3.78. The fourth-order valence-electron chi connectivity index (χ4n) is 4.19. The van der Waals surface area contributed by atoms with Gasteiger partial charge in [0, 0.05) is 31.0 Å². The van der Waals surface area contributed by atoms with E-state index in [9.17, 15) is 8.42 Å². The quantitative estimate of drug-likeness (QED) is 0.608. The van der Waals surface area contributed by atoms with Gasteiger partial charge in [0.2, 0.25) is 10.0 Å². The molecular weight excluding hydrogens is 416 g/mol. The number of benzene rings is 2. The van der Waals surface area contributed by atoms with Crippen LogP contribution in [0.4, 0.5) is 0 Å². The molecule has 1 atom stereocenters. The minimum Gasteiger partial charge on any atom is -0.494 e. The van der Waals surface area contributed by atoms with Gasteiger partial charge in [-0.3, -0.25) is 0 Å². The number of sulfonamides is 1.